The van der Waals surface area contributed by atoms with Gasteiger partial charge in [-0.1, -0.05) is 12.1 Å². The van der Waals surface area contributed by atoms with Crippen LogP contribution in [0.5, 0.6) is 5.75 Å². The maximum atomic E-state index is 12.1. The average molecular weight is 272 g/mol. The maximum absolute atomic E-state index is 12.1. The lowest BCUT2D eigenvalue weighted by Crippen LogP contribution is -2.14. The number of nitrogens with two attached hydrogens (primary N) is 1. The summed E-state index contributed by atoms with van der Waals surface area (Å²) in [4.78, 5) is 12.1. The van der Waals surface area contributed by atoms with E-state index in [4.69, 9.17) is 15.6 Å². The first-order valence-electron chi connectivity index (χ1n) is 6.08. The topological polar surface area (TPSA) is 84.6 Å². The van der Waals surface area contributed by atoms with E-state index in [1.165, 1.54) is 7.11 Å². The van der Waals surface area contributed by atoms with E-state index in [0.29, 0.717) is 22.7 Å². The van der Waals surface area contributed by atoms with Gasteiger partial charge in [0.1, 0.15) is 5.75 Å². The minimum Gasteiger partial charge on any atom is -0.497 e. The number of nitrogens with one attached hydrogen (secondary N) is 1. The Kier molecular flexibility index (Phi) is 4.22. The van der Waals surface area contributed by atoms with Crippen LogP contribution in [0.15, 0.2) is 42.5 Å². The van der Waals surface area contributed by atoms with Crippen molar-refractivity contribution in [3.8, 4) is 5.75 Å². The van der Waals surface area contributed by atoms with Crippen molar-refractivity contribution in [3.63, 3.8) is 0 Å². The number of hydrogen-bond acceptors (Lipinski definition) is 4. The third kappa shape index (κ3) is 3.07. The summed E-state index contributed by atoms with van der Waals surface area (Å²) in [6.45, 7) is -0.0750. The zero-order valence-corrected chi connectivity index (χ0v) is 11.1. The quantitative estimate of drug-likeness (QED) is 0.743. The molecule has 0 radical (unpaired) electrons. The lowest BCUT2D eigenvalue weighted by atomic mass is 10.1. The Morgan fingerprint density at radius 1 is 1.30 bits per heavy atom. The van der Waals surface area contributed by atoms with Gasteiger partial charge in [-0.3, -0.25) is 4.79 Å². The van der Waals surface area contributed by atoms with Gasteiger partial charge in [0, 0.05) is 17.4 Å². The highest BCUT2D eigenvalue weighted by molar-refractivity contribution is 6.07. The molecule has 20 heavy (non-hydrogen) atoms. The van der Waals surface area contributed by atoms with Gasteiger partial charge in [0.15, 0.2) is 0 Å². The van der Waals surface area contributed by atoms with E-state index in [-0.39, 0.29) is 12.5 Å². The van der Waals surface area contributed by atoms with Crippen molar-refractivity contribution in [2.24, 2.45) is 0 Å². The molecule has 0 atom stereocenters. The molecule has 0 aliphatic carbocycles. The van der Waals surface area contributed by atoms with Crippen LogP contribution in [0.3, 0.4) is 0 Å². The summed E-state index contributed by atoms with van der Waals surface area (Å²) in [5, 5.41) is 11.8. The molecule has 0 heterocycles. The van der Waals surface area contributed by atoms with Crippen LogP contribution in [0.1, 0.15) is 15.9 Å². The molecule has 4 N–H and O–H groups in total. The summed E-state index contributed by atoms with van der Waals surface area (Å²) < 4.78 is 5.04. The lowest BCUT2D eigenvalue weighted by Gasteiger charge is -2.09. The van der Waals surface area contributed by atoms with Crippen LogP contribution in [0.4, 0.5) is 11.4 Å². The smallest absolute Gasteiger partial charge is 0.257 e. The summed E-state index contributed by atoms with van der Waals surface area (Å²) in [5.74, 6) is 0.293. The summed E-state index contributed by atoms with van der Waals surface area (Å²) in [6, 6.07) is 11.9. The monoisotopic (exact) mass is 272 g/mol. The van der Waals surface area contributed by atoms with Crippen LogP contribution in [0.2, 0.25) is 0 Å². The highest BCUT2D eigenvalue weighted by Gasteiger charge is 2.11. The van der Waals surface area contributed by atoms with E-state index in [1.807, 2.05) is 0 Å². The van der Waals surface area contributed by atoms with Gasteiger partial charge >= 0.3 is 0 Å². The first-order chi connectivity index (χ1) is 9.63. The Bertz CT molecular complexity index is 626. The van der Waals surface area contributed by atoms with Crippen molar-refractivity contribution >= 4 is 17.3 Å². The molecule has 0 aliphatic rings. The number of aliphatic hydroxyl groups is 1. The molecule has 0 saturated carbocycles. The van der Waals surface area contributed by atoms with Gasteiger partial charge in [-0.15, -0.1) is 0 Å². The predicted molar refractivity (Wildman–Crippen MR) is 77.7 cm³/mol. The van der Waals surface area contributed by atoms with E-state index in [0.717, 1.165) is 5.56 Å². The molecule has 0 aromatic heterocycles. The van der Waals surface area contributed by atoms with Crippen molar-refractivity contribution in [3.05, 3.63) is 53.6 Å². The summed E-state index contributed by atoms with van der Waals surface area (Å²) in [7, 11) is 1.54. The maximum Gasteiger partial charge on any atom is 0.257 e. The van der Waals surface area contributed by atoms with Crippen molar-refractivity contribution < 1.29 is 14.6 Å². The fourth-order valence-electron chi connectivity index (χ4n) is 1.82. The third-order valence-electron chi connectivity index (χ3n) is 2.87. The predicted octanol–water partition coefficient (Wildman–Crippen LogP) is 2.02. The molecule has 104 valence electrons. The van der Waals surface area contributed by atoms with Gasteiger partial charge in [0.25, 0.3) is 5.91 Å². The molecule has 5 heteroatoms. The number of amides is 1. The molecular weight excluding hydrogens is 256 g/mol. The molecule has 5 nitrogen and oxygen atoms in total. The highest BCUT2D eigenvalue weighted by Crippen LogP contribution is 2.21. The summed E-state index contributed by atoms with van der Waals surface area (Å²) >= 11 is 0. The minimum absolute atomic E-state index is 0.0750. The number of carbonyl (C=O) groups is 1. The Balaban J connectivity index is 2.19. The molecule has 2 aromatic carbocycles. The largest absolute Gasteiger partial charge is 0.497 e. The standard InChI is InChI=1S/C15H16N2O3/c1-20-12-5-6-13(14(16)8-12)15(19)17-11-4-2-3-10(7-11)9-18/h2-8,18H,9,16H2,1H3,(H,17,19). The zero-order chi connectivity index (χ0) is 14.5. The van der Waals surface area contributed by atoms with Gasteiger partial charge in [-0.25, -0.2) is 0 Å². The fraction of sp³-hybridized carbons (Fsp3) is 0.133. The van der Waals surface area contributed by atoms with E-state index in [9.17, 15) is 4.79 Å². The number of rotatable bonds is 4. The zero-order valence-electron chi connectivity index (χ0n) is 11.1. The SMILES string of the molecule is COc1ccc(C(=O)Nc2cccc(CO)c2)c(N)c1. The first kappa shape index (κ1) is 13.9. The number of nitrogen functional groups attached to an aromatic ring is 1. The first-order valence-corrected chi connectivity index (χ1v) is 6.08. The van der Waals surface area contributed by atoms with Crippen molar-refractivity contribution in [1.29, 1.82) is 0 Å². The molecule has 1 amide bonds. The molecule has 0 aliphatic heterocycles. The van der Waals surface area contributed by atoms with Crippen molar-refractivity contribution in [2.75, 3.05) is 18.2 Å². The lowest BCUT2D eigenvalue weighted by molar-refractivity contribution is 0.102. The molecule has 0 saturated heterocycles. The molecule has 0 fully saturated rings. The van der Waals surface area contributed by atoms with Crippen LogP contribution < -0.4 is 15.8 Å². The molecule has 2 aromatic rings. The normalized spacial score (nSPS) is 10.1. The van der Waals surface area contributed by atoms with Crippen LogP contribution >= 0.6 is 0 Å². The number of methoxy groups -OCH3 is 1. The van der Waals surface area contributed by atoms with Crippen LogP contribution in [-0.2, 0) is 6.61 Å². The van der Waals surface area contributed by atoms with Gasteiger partial charge < -0.3 is 20.9 Å². The van der Waals surface area contributed by atoms with Crippen LogP contribution in [0, 0.1) is 0 Å². The Hall–Kier alpha value is -2.53. The van der Waals surface area contributed by atoms with Gasteiger partial charge in [-0.2, -0.15) is 0 Å². The summed E-state index contributed by atoms with van der Waals surface area (Å²) in [6.07, 6.45) is 0. The minimum atomic E-state index is -0.305. The number of hydrogen-bond donors (Lipinski definition) is 3. The molecule has 2 rings (SSSR count). The van der Waals surface area contributed by atoms with Gasteiger partial charge in [0.05, 0.1) is 19.3 Å². The number of anilines is 2. The molecule has 0 unspecified atom stereocenters. The highest BCUT2D eigenvalue weighted by atomic mass is 16.5. The average Bonchev–Trinajstić information content (AvgIpc) is 2.47. The van der Waals surface area contributed by atoms with Crippen LogP contribution in [0.25, 0.3) is 0 Å². The number of aliphatic hydroxyl groups excluding tert-OH is 1. The van der Waals surface area contributed by atoms with E-state index >= 15 is 0 Å². The fourth-order valence-corrected chi connectivity index (χ4v) is 1.82. The van der Waals surface area contributed by atoms with Gasteiger partial charge in [0.2, 0.25) is 0 Å². The second-order valence-corrected chi connectivity index (χ2v) is 4.27. The molecular formula is C15H16N2O3. The Morgan fingerprint density at radius 3 is 2.75 bits per heavy atom. The summed E-state index contributed by atoms with van der Waals surface area (Å²) in [5.41, 5.74) is 7.88. The van der Waals surface area contributed by atoms with E-state index in [2.05, 4.69) is 5.32 Å². The second kappa shape index (κ2) is 6.08. The third-order valence-corrected chi connectivity index (χ3v) is 2.87. The Morgan fingerprint density at radius 2 is 2.10 bits per heavy atom. The van der Waals surface area contributed by atoms with Gasteiger partial charge in [-0.05, 0) is 29.8 Å². The second-order valence-electron chi connectivity index (χ2n) is 4.27. The molecule has 0 spiro atoms. The molecule has 0 bridgehead atoms. The van der Waals surface area contributed by atoms with Crippen molar-refractivity contribution in [2.45, 2.75) is 6.61 Å². The van der Waals surface area contributed by atoms with Crippen molar-refractivity contribution in [1.82, 2.24) is 0 Å². The number of ether oxygens (including phenoxy) is 1. The van der Waals surface area contributed by atoms with Crippen LogP contribution in [-0.4, -0.2) is 18.1 Å². The number of carbonyl (C=O) groups excluding carboxylic acids is 1. The van der Waals surface area contributed by atoms with E-state index < -0.39 is 0 Å². The number of benzene rings is 2. The van der Waals surface area contributed by atoms with E-state index in [1.54, 1.807) is 42.5 Å². The Labute approximate surface area is 117 Å².